The Kier molecular flexibility index (Phi) is 2.44. The van der Waals surface area contributed by atoms with Crippen LogP contribution in [0.25, 0.3) is 17.0 Å². The molecule has 0 fully saturated rings. The van der Waals surface area contributed by atoms with Crippen molar-refractivity contribution in [2.45, 2.75) is 6.92 Å². The molecule has 2 heterocycles. The number of benzene rings is 1. The summed E-state index contributed by atoms with van der Waals surface area (Å²) in [5.41, 5.74) is 3.11. The first-order valence-electron chi connectivity index (χ1n) is 5.32. The lowest BCUT2D eigenvalue weighted by Gasteiger charge is -2.05. The molecule has 2 aromatic heterocycles. The number of nitrogens with zero attached hydrogens (tertiary/aromatic N) is 3. The van der Waals surface area contributed by atoms with Crippen LogP contribution < -0.4 is 0 Å². The molecule has 0 aliphatic carbocycles. The normalized spacial score (nSPS) is 10.9. The molecule has 0 saturated carbocycles. The van der Waals surface area contributed by atoms with Gasteiger partial charge in [-0.2, -0.15) is 0 Å². The van der Waals surface area contributed by atoms with Crippen molar-refractivity contribution in [2.24, 2.45) is 0 Å². The lowest BCUT2D eigenvalue weighted by Crippen LogP contribution is -1.90. The van der Waals surface area contributed by atoms with Gasteiger partial charge >= 0.3 is 0 Å². The van der Waals surface area contributed by atoms with Crippen LogP contribution in [-0.2, 0) is 0 Å². The zero-order valence-corrected chi connectivity index (χ0v) is 10.8. The molecule has 84 valence electrons. The Morgan fingerprint density at radius 1 is 1.06 bits per heavy atom. The fraction of sp³-hybridized carbons (Fsp3) is 0.0769. The number of aryl methyl sites for hydroxylation is 1. The van der Waals surface area contributed by atoms with Gasteiger partial charge in [-0.15, -0.1) is 10.2 Å². The number of halogens is 1. The SMILES string of the molecule is Cc1cccc(-c2nnc3ccccn23)c1Br. The van der Waals surface area contributed by atoms with Gasteiger partial charge in [0.1, 0.15) is 0 Å². The Morgan fingerprint density at radius 2 is 1.94 bits per heavy atom. The van der Waals surface area contributed by atoms with Gasteiger partial charge in [0, 0.05) is 16.2 Å². The molecule has 3 nitrogen and oxygen atoms in total. The van der Waals surface area contributed by atoms with Crippen LogP contribution >= 0.6 is 15.9 Å². The van der Waals surface area contributed by atoms with E-state index in [0.29, 0.717) is 0 Å². The molecule has 0 amide bonds. The van der Waals surface area contributed by atoms with E-state index in [-0.39, 0.29) is 0 Å². The highest BCUT2D eigenvalue weighted by Crippen LogP contribution is 2.29. The molecular formula is C13H10BrN3. The summed E-state index contributed by atoms with van der Waals surface area (Å²) in [5, 5.41) is 8.41. The van der Waals surface area contributed by atoms with Gasteiger partial charge in [-0.3, -0.25) is 4.40 Å². The van der Waals surface area contributed by atoms with Gasteiger partial charge in [0.05, 0.1) is 0 Å². The molecule has 0 bridgehead atoms. The predicted molar refractivity (Wildman–Crippen MR) is 70.9 cm³/mol. The molecule has 17 heavy (non-hydrogen) atoms. The number of aromatic nitrogens is 3. The molecule has 4 heteroatoms. The maximum Gasteiger partial charge on any atom is 0.169 e. The molecular weight excluding hydrogens is 278 g/mol. The summed E-state index contributed by atoms with van der Waals surface area (Å²) in [6.07, 6.45) is 1.97. The van der Waals surface area contributed by atoms with Crippen LogP contribution in [0, 0.1) is 6.92 Å². The van der Waals surface area contributed by atoms with E-state index in [1.54, 1.807) is 0 Å². The average molecular weight is 288 g/mol. The van der Waals surface area contributed by atoms with Crippen LogP contribution in [0.4, 0.5) is 0 Å². The van der Waals surface area contributed by atoms with Crippen molar-refractivity contribution in [3.8, 4) is 11.4 Å². The Balaban J connectivity index is 2.31. The number of rotatable bonds is 1. The first-order valence-corrected chi connectivity index (χ1v) is 6.12. The van der Waals surface area contributed by atoms with E-state index in [0.717, 1.165) is 21.5 Å². The van der Waals surface area contributed by atoms with E-state index in [1.165, 1.54) is 5.56 Å². The third kappa shape index (κ3) is 1.65. The molecule has 1 aromatic carbocycles. The number of hydrogen-bond donors (Lipinski definition) is 0. The molecule has 0 unspecified atom stereocenters. The van der Waals surface area contributed by atoms with E-state index >= 15 is 0 Å². The smallest absolute Gasteiger partial charge is 0.169 e. The lowest BCUT2D eigenvalue weighted by atomic mass is 10.1. The minimum Gasteiger partial charge on any atom is -0.282 e. The highest BCUT2D eigenvalue weighted by Gasteiger charge is 2.11. The van der Waals surface area contributed by atoms with Crippen LogP contribution in [-0.4, -0.2) is 14.6 Å². The molecule has 0 aliphatic heterocycles. The maximum atomic E-state index is 4.25. The first kappa shape index (κ1) is 10.5. The van der Waals surface area contributed by atoms with Gasteiger partial charge in [-0.25, -0.2) is 0 Å². The predicted octanol–water partition coefficient (Wildman–Crippen LogP) is 3.47. The second kappa shape index (κ2) is 3.96. The van der Waals surface area contributed by atoms with E-state index in [9.17, 15) is 0 Å². The van der Waals surface area contributed by atoms with Gasteiger partial charge in [0.25, 0.3) is 0 Å². The average Bonchev–Trinajstić information content (AvgIpc) is 2.77. The number of pyridine rings is 1. The van der Waals surface area contributed by atoms with Crippen molar-refractivity contribution in [2.75, 3.05) is 0 Å². The van der Waals surface area contributed by atoms with Gasteiger partial charge in [-0.05, 0) is 40.5 Å². The molecule has 0 radical (unpaired) electrons. The number of fused-ring (bicyclic) bond motifs is 1. The summed E-state index contributed by atoms with van der Waals surface area (Å²) in [5.74, 6) is 0.858. The summed E-state index contributed by atoms with van der Waals surface area (Å²) < 4.78 is 3.05. The van der Waals surface area contributed by atoms with E-state index in [1.807, 2.05) is 40.9 Å². The van der Waals surface area contributed by atoms with Crippen molar-refractivity contribution in [1.82, 2.24) is 14.6 Å². The summed E-state index contributed by atoms with van der Waals surface area (Å²) in [4.78, 5) is 0. The van der Waals surface area contributed by atoms with Crippen LogP contribution in [0.3, 0.4) is 0 Å². The summed E-state index contributed by atoms with van der Waals surface area (Å²) in [6.45, 7) is 2.07. The highest BCUT2D eigenvalue weighted by atomic mass is 79.9. The first-order chi connectivity index (χ1) is 8.27. The standard InChI is InChI=1S/C13H10BrN3/c1-9-5-4-6-10(12(9)14)13-16-15-11-7-2-3-8-17(11)13/h2-8H,1H3. The van der Waals surface area contributed by atoms with Crippen molar-refractivity contribution in [3.63, 3.8) is 0 Å². The Hall–Kier alpha value is -1.68. The Bertz CT molecular complexity index is 688. The molecule has 0 N–H and O–H groups in total. The monoisotopic (exact) mass is 287 g/mol. The summed E-state index contributed by atoms with van der Waals surface area (Å²) in [6, 6.07) is 12.0. The number of hydrogen-bond acceptors (Lipinski definition) is 2. The molecule has 0 spiro atoms. The van der Waals surface area contributed by atoms with Crippen LogP contribution in [0.2, 0.25) is 0 Å². The third-order valence-electron chi connectivity index (χ3n) is 2.75. The van der Waals surface area contributed by atoms with Gasteiger partial charge < -0.3 is 0 Å². The zero-order chi connectivity index (χ0) is 11.8. The largest absolute Gasteiger partial charge is 0.282 e. The molecule has 0 atom stereocenters. The third-order valence-corrected chi connectivity index (χ3v) is 3.80. The fourth-order valence-corrected chi connectivity index (χ4v) is 2.29. The van der Waals surface area contributed by atoms with E-state index in [2.05, 4.69) is 39.1 Å². The van der Waals surface area contributed by atoms with Crippen molar-refractivity contribution >= 4 is 21.6 Å². The molecule has 0 saturated heterocycles. The van der Waals surface area contributed by atoms with E-state index in [4.69, 9.17) is 0 Å². The Morgan fingerprint density at radius 3 is 2.82 bits per heavy atom. The van der Waals surface area contributed by atoms with Crippen molar-refractivity contribution in [3.05, 3.63) is 52.6 Å². The van der Waals surface area contributed by atoms with E-state index < -0.39 is 0 Å². The van der Waals surface area contributed by atoms with Crippen molar-refractivity contribution < 1.29 is 0 Å². The molecule has 0 aliphatic rings. The Labute approximate surface area is 107 Å². The van der Waals surface area contributed by atoms with Crippen molar-refractivity contribution in [1.29, 1.82) is 0 Å². The van der Waals surface area contributed by atoms with Gasteiger partial charge in [0.15, 0.2) is 11.5 Å². The lowest BCUT2D eigenvalue weighted by molar-refractivity contribution is 1.11. The van der Waals surface area contributed by atoms with Gasteiger partial charge in [0.2, 0.25) is 0 Å². The minimum absolute atomic E-state index is 0.857. The summed E-state index contributed by atoms with van der Waals surface area (Å²) in [7, 11) is 0. The maximum absolute atomic E-state index is 4.25. The van der Waals surface area contributed by atoms with Crippen LogP contribution in [0.1, 0.15) is 5.56 Å². The second-order valence-corrected chi connectivity index (χ2v) is 4.68. The minimum atomic E-state index is 0.857. The van der Waals surface area contributed by atoms with Crippen LogP contribution in [0.15, 0.2) is 47.1 Å². The molecule has 3 aromatic rings. The quantitative estimate of drug-likeness (QED) is 0.686. The zero-order valence-electron chi connectivity index (χ0n) is 9.26. The molecule has 3 rings (SSSR count). The summed E-state index contributed by atoms with van der Waals surface area (Å²) >= 11 is 3.61. The highest BCUT2D eigenvalue weighted by molar-refractivity contribution is 9.10. The van der Waals surface area contributed by atoms with Crippen LogP contribution in [0.5, 0.6) is 0 Å². The van der Waals surface area contributed by atoms with Gasteiger partial charge in [-0.1, -0.05) is 24.3 Å². The topological polar surface area (TPSA) is 30.2 Å². The second-order valence-electron chi connectivity index (χ2n) is 3.89. The fourth-order valence-electron chi connectivity index (χ4n) is 1.85.